The molecule has 88 valence electrons. The highest BCUT2D eigenvalue weighted by Gasteiger charge is 2.38. The van der Waals surface area contributed by atoms with Crippen molar-refractivity contribution >= 4 is 29.8 Å². The number of ketones is 1. The molecule has 0 aliphatic heterocycles. The second-order valence-electron chi connectivity index (χ2n) is 3.79. The van der Waals surface area contributed by atoms with E-state index in [1.807, 2.05) is 0 Å². The summed E-state index contributed by atoms with van der Waals surface area (Å²) in [5.74, 6) is -0.217. The molecule has 0 bridgehead atoms. The molecule has 4 heteroatoms. The van der Waals surface area contributed by atoms with Crippen LogP contribution in [0.1, 0.15) is 36.7 Å². The highest BCUT2D eigenvalue weighted by Crippen LogP contribution is 2.35. The third kappa shape index (κ3) is 2.24. The van der Waals surface area contributed by atoms with Crippen LogP contribution in [0.5, 0.6) is 0 Å². The van der Waals surface area contributed by atoms with Crippen LogP contribution in [0, 0.1) is 0 Å². The monoisotopic (exact) mass is 263 g/mol. The van der Waals surface area contributed by atoms with Gasteiger partial charge in [0, 0.05) is 11.4 Å². The fourth-order valence-electron chi connectivity index (χ4n) is 1.92. The van der Waals surface area contributed by atoms with Gasteiger partial charge in [-0.1, -0.05) is 36.1 Å². The summed E-state index contributed by atoms with van der Waals surface area (Å²) in [7, 11) is 0. The van der Waals surface area contributed by atoms with Crippen molar-refractivity contribution in [3.05, 3.63) is 34.8 Å². The molecular weight excluding hydrogens is 245 g/mol. The van der Waals surface area contributed by atoms with E-state index in [4.69, 9.17) is 22.8 Å². The summed E-state index contributed by atoms with van der Waals surface area (Å²) in [4.78, 5) is 12.1. The third-order valence-corrected chi connectivity index (χ3v) is 3.09. The zero-order valence-corrected chi connectivity index (χ0v) is 10.2. The van der Waals surface area contributed by atoms with Gasteiger partial charge in [-0.25, -0.2) is 0 Å². The summed E-state index contributed by atoms with van der Waals surface area (Å²) in [6.07, 6.45) is 2.16. The standard InChI is InChI=1S/C12H14ClNO.ClH/c13-10-6-2-1-5-9(10)12(14)8-4-3-7-11(12)15;/h1-2,5-6H,3-4,7-8,14H2;1H/i1D,2D,5D,6D;. The number of nitrogens with two attached hydrogens (primary N) is 1. The topological polar surface area (TPSA) is 43.1 Å². The quantitative estimate of drug-likeness (QED) is 0.847. The predicted octanol–water partition coefficient (Wildman–Crippen LogP) is 3.06. The normalized spacial score (nSPS) is 28.5. The van der Waals surface area contributed by atoms with Crippen LogP contribution in [-0.2, 0) is 10.3 Å². The van der Waals surface area contributed by atoms with Crippen molar-refractivity contribution in [3.8, 4) is 0 Å². The van der Waals surface area contributed by atoms with Gasteiger partial charge in [-0.15, -0.1) is 12.4 Å². The van der Waals surface area contributed by atoms with E-state index in [9.17, 15) is 4.79 Å². The summed E-state index contributed by atoms with van der Waals surface area (Å²) >= 11 is 6.02. The van der Waals surface area contributed by atoms with Gasteiger partial charge in [-0.05, 0) is 24.4 Å². The molecule has 1 atom stereocenters. The minimum absolute atomic E-state index is 0. The Hall–Kier alpha value is -0.570. The largest absolute Gasteiger partial charge is 0.315 e. The van der Waals surface area contributed by atoms with E-state index in [1.165, 1.54) is 0 Å². The van der Waals surface area contributed by atoms with Gasteiger partial charge in [0.15, 0.2) is 5.78 Å². The minimum atomic E-state index is -1.40. The molecule has 0 radical (unpaired) electrons. The van der Waals surface area contributed by atoms with Crippen LogP contribution in [0.4, 0.5) is 0 Å². The molecule has 2 N–H and O–H groups in total. The number of hydrogen-bond donors (Lipinski definition) is 1. The smallest absolute Gasteiger partial charge is 0.157 e. The summed E-state index contributed by atoms with van der Waals surface area (Å²) in [5, 5.41) is -0.149. The first-order chi connectivity index (χ1) is 8.80. The van der Waals surface area contributed by atoms with Crippen LogP contribution in [0.15, 0.2) is 24.2 Å². The number of benzene rings is 1. The van der Waals surface area contributed by atoms with Gasteiger partial charge in [-0.2, -0.15) is 0 Å². The van der Waals surface area contributed by atoms with Crippen LogP contribution in [0.25, 0.3) is 0 Å². The molecule has 1 aliphatic rings. The lowest BCUT2D eigenvalue weighted by atomic mass is 9.76. The van der Waals surface area contributed by atoms with Crippen molar-refractivity contribution in [2.75, 3.05) is 0 Å². The fraction of sp³-hybridized carbons (Fsp3) is 0.417. The maximum absolute atomic E-state index is 12.1. The molecule has 1 fully saturated rings. The SMILES string of the molecule is Cl.[2H]c1c([2H])c([2H])c(C2(N)CCCCC2=O)c(Cl)c1[2H]. The van der Waals surface area contributed by atoms with Crippen molar-refractivity contribution in [1.82, 2.24) is 0 Å². The molecule has 0 saturated heterocycles. The van der Waals surface area contributed by atoms with Gasteiger partial charge in [0.05, 0.1) is 5.48 Å². The highest BCUT2D eigenvalue weighted by molar-refractivity contribution is 6.31. The van der Waals surface area contributed by atoms with E-state index < -0.39 is 17.6 Å². The van der Waals surface area contributed by atoms with E-state index in [2.05, 4.69) is 0 Å². The molecule has 1 unspecified atom stereocenters. The lowest BCUT2D eigenvalue weighted by Crippen LogP contribution is -2.47. The van der Waals surface area contributed by atoms with Crippen molar-refractivity contribution in [3.63, 3.8) is 0 Å². The second-order valence-corrected chi connectivity index (χ2v) is 4.17. The molecule has 1 aromatic carbocycles. The summed E-state index contributed by atoms with van der Waals surface area (Å²) in [5.41, 5.74) is 4.77. The molecule has 1 aliphatic carbocycles. The Balaban J connectivity index is 0.00000200. The zero-order chi connectivity index (χ0) is 14.4. The molecule has 2 rings (SSSR count). The Labute approximate surface area is 112 Å². The Morgan fingerprint density at radius 3 is 2.75 bits per heavy atom. The third-order valence-electron chi connectivity index (χ3n) is 2.81. The van der Waals surface area contributed by atoms with Gasteiger partial charge in [0.1, 0.15) is 5.54 Å². The summed E-state index contributed by atoms with van der Waals surface area (Å²) in [6.45, 7) is 0. The van der Waals surface area contributed by atoms with E-state index in [0.717, 1.165) is 12.8 Å². The van der Waals surface area contributed by atoms with Crippen molar-refractivity contribution in [1.29, 1.82) is 0 Å². The lowest BCUT2D eigenvalue weighted by Gasteiger charge is -2.32. The molecular formula is C12H15Cl2NO. The number of Topliss-reactive ketones (excluding diaryl/α,β-unsaturated/α-hetero) is 1. The number of carbonyl (C=O) groups is 1. The number of halogens is 2. The molecule has 0 spiro atoms. The Morgan fingerprint density at radius 2 is 2.06 bits per heavy atom. The number of rotatable bonds is 1. The lowest BCUT2D eigenvalue weighted by molar-refractivity contribution is -0.126. The average molecular weight is 264 g/mol. The van der Waals surface area contributed by atoms with Crippen molar-refractivity contribution in [2.24, 2.45) is 5.73 Å². The van der Waals surface area contributed by atoms with Crippen LogP contribution >= 0.6 is 24.0 Å². The first kappa shape index (κ1) is 8.51. The first-order valence-corrected chi connectivity index (χ1v) is 5.27. The molecule has 16 heavy (non-hydrogen) atoms. The van der Waals surface area contributed by atoms with Gasteiger partial charge in [-0.3, -0.25) is 4.79 Å². The number of carbonyl (C=O) groups excluding carboxylic acids is 1. The van der Waals surface area contributed by atoms with Crippen LogP contribution in [0.2, 0.25) is 5.02 Å². The fourth-order valence-corrected chi connectivity index (χ4v) is 2.18. The molecule has 0 aromatic heterocycles. The van der Waals surface area contributed by atoms with Crippen molar-refractivity contribution in [2.45, 2.75) is 31.2 Å². The van der Waals surface area contributed by atoms with Gasteiger partial charge in [0.25, 0.3) is 0 Å². The molecule has 0 amide bonds. The minimum Gasteiger partial charge on any atom is -0.315 e. The van der Waals surface area contributed by atoms with E-state index in [0.29, 0.717) is 12.8 Å². The second kappa shape index (κ2) is 5.17. The van der Waals surface area contributed by atoms with Gasteiger partial charge < -0.3 is 5.73 Å². The van der Waals surface area contributed by atoms with Gasteiger partial charge >= 0.3 is 0 Å². The molecule has 0 heterocycles. The van der Waals surface area contributed by atoms with E-state index in [1.54, 1.807) is 0 Å². The number of hydrogen-bond acceptors (Lipinski definition) is 2. The molecule has 2 nitrogen and oxygen atoms in total. The molecule has 1 aromatic rings. The van der Waals surface area contributed by atoms with Crippen LogP contribution < -0.4 is 5.73 Å². The van der Waals surface area contributed by atoms with E-state index in [-0.39, 0.29) is 40.9 Å². The van der Waals surface area contributed by atoms with Crippen LogP contribution in [-0.4, -0.2) is 5.78 Å². The van der Waals surface area contributed by atoms with Gasteiger partial charge in [0.2, 0.25) is 0 Å². The summed E-state index contributed by atoms with van der Waals surface area (Å²) < 4.78 is 30.8. The first-order valence-electron chi connectivity index (χ1n) is 6.89. The Kier molecular flexibility index (Phi) is 2.75. The van der Waals surface area contributed by atoms with Crippen LogP contribution in [0.3, 0.4) is 0 Å². The Bertz CT molecular complexity index is 538. The summed E-state index contributed by atoms with van der Waals surface area (Å²) in [6, 6.07) is -1.48. The van der Waals surface area contributed by atoms with Crippen molar-refractivity contribution < 1.29 is 10.3 Å². The Morgan fingerprint density at radius 1 is 1.38 bits per heavy atom. The maximum atomic E-state index is 12.1. The maximum Gasteiger partial charge on any atom is 0.157 e. The highest BCUT2D eigenvalue weighted by atomic mass is 35.5. The van der Waals surface area contributed by atoms with E-state index >= 15 is 0 Å². The predicted molar refractivity (Wildman–Crippen MR) is 68.0 cm³/mol. The molecule has 1 saturated carbocycles. The average Bonchev–Trinajstić information content (AvgIpc) is 2.38. The zero-order valence-electron chi connectivity index (χ0n) is 12.6.